The Balaban J connectivity index is 1.94. The van der Waals surface area contributed by atoms with Crippen LogP contribution < -0.4 is 5.32 Å². The van der Waals surface area contributed by atoms with Gasteiger partial charge < -0.3 is 15.3 Å². The van der Waals surface area contributed by atoms with E-state index in [1.54, 1.807) is 0 Å². The first-order chi connectivity index (χ1) is 14.6. The lowest BCUT2D eigenvalue weighted by molar-refractivity contribution is -0.128. The van der Waals surface area contributed by atoms with E-state index in [0.717, 1.165) is 31.9 Å². The van der Waals surface area contributed by atoms with Gasteiger partial charge in [0.2, 0.25) is 5.91 Å². The van der Waals surface area contributed by atoms with Gasteiger partial charge in [0.05, 0.1) is 6.54 Å². The fourth-order valence-electron chi connectivity index (χ4n) is 3.81. The maximum atomic E-state index is 11.4. The number of aliphatic imine (C=N–C) groups is 1. The Morgan fingerprint density at radius 2 is 1.60 bits per heavy atom. The van der Waals surface area contributed by atoms with Gasteiger partial charge >= 0.3 is 0 Å². The SMILES string of the molecule is CCCCCCCCCCCCCCC/C=C/C1=NCCN1CCNC(=O)C(C)O. The molecule has 2 N–H and O–H groups in total. The van der Waals surface area contributed by atoms with Crippen molar-refractivity contribution < 1.29 is 9.90 Å². The average Bonchev–Trinajstić information content (AvgIpc) is 3.18. The maximum Gasteiger partial charge on any atom is 0.248 e. The number of nitrogens with zero attached hydrogens (tertiary/aromatic N) is 2. The second kappa shape index (κ2) is 18.4. The summed E-state index contributed by atoms with van der Waals surface area (Å²) >= 11 is 0. The Kier molecular flexibility index (Phi) is 16.4. The van der Waals surface area contributed by atoms with Gasteiger partial charge in [0.15, 0.2) is 0 Å². The molecule has 0 radical (unpaired) electrons. The lowest BCUT2D eigenvalue weighted by Gasteiger charge is -2.19. The number of hydrogen-bond donors (Lipinski definition) is 2. The molecule has 0 spiro atoms. The Hall–Kier alpha value is -1.36. The summed E-state index contributed by atoms with van der Waals surface area (Å²) in [5.41, 5.74) is 0. The topological polar surface area (TPSA) is 64.9 Å². The lowest BCUT2D eigenvalue weighted by Crippen LogP contribution is -2.39. The van der Waals surface area contributed by atoms with Crippen LogP contribution in [0.5, 0.6) is 0 Å². The number of carbonyl (C=O) groups is 1. The van der Waals surface area contributed by atoms with Crippen molar-refractivity contribution >= 4 is 11.7 Å². The third-order valence-corrected chi connectivity index (χ3v) is 5.77. The van der Waals surface area contributed by atoms with E-state index in [0.29, 0.717) is 6.54 Å². The van der Waals surface area contributed by atoms with E-state index < -0.39 is 6.10 Å². The summed E-state index contributed by atoms with van der Waals surface area (Å²) in [6.45, 7) is 6.76. The highest BCUT2D eigenvalue weighted by atomic mass is 16.3. The van der Waals surface area contributed by atoms with Crippen molar-refractivity contribution in [3.05, 3.63) is 12.2 Å². The number of aliphatic hydroxyl groups is 1. The van der Waals surface area contributed by atoms with Crippen molar-refractivity contribution in [3.8, 4) is 0 Å². The third-order valence-electron chi connectivity index (χ3n) is 5.77. The summed E-state index contributed by atoms with van der Waals surface area (Å²) in [6.07, 6.45) is 22.6. The summed E-state index contributed by atoms with van der Waals surface area (Å²) in [6, 6.07) is 0. The van der Waals surface area contributed by atoms with Crippen LogP contribution >= 0.6 is 0 Å². The van der Waals surface area contributed by atoms with Gasteiger partial charge in [-0.3, -0.25) is 9.79 Å². The smallest absolute Gasteiger partial charge is 0.248 e. The Morgan fingerprint density at radius 3 is 2.17 bits per heavy atom. The molecule has 0 aromatic heterocycles. The van der Waals surface area contributed by atoms with Crippen LogP contribution in [0.2, 0.25) is 0 Å². The molecular weight excluding hydrogens is 374 g/mol. The predicted octanol–water partition coefficient (Wildman–Crippen LogP) is 5.24. The van der Waals surface area contributed by atoms with E-state index in [4.69, 9.17) is 0 Å². The molecule has 30 heavy (non-hydrogen) atoms. The van der Waals surface area contributed by atoms with Crippen molar-refractivity contribution in [1.82, 2.24) is 10.2 Å². The normalized spacial score (nSPS) is 15.0. The first kappa shape index (κ1) is 26.7. The number of allylic oxidation sites excluding steroid dienone is 1. The van der Waals surface area contributed by atoms with Crippen LogP contribution in [0, 0.1) is 0 Å². The standard InChI is InChI=1S/C25H47N3O2/c1-3-4-5-6-7-8-9-10-11-12-13-14-15-16-17-18-24-26-19-21-28(24)22-20-27-25(30)23(2)29/h17-18,23,29H,3-16,19-22H2,1-2H3,(H,27,30)/b18-17+. The zero-order chi connectivity index (χ0) is 21.9. The second-order valence-electron chi connectivity index (χ2n) is 8.63. The maximum absolute atomic E-state index is 11.4. The van der Waals surface area contributed by atoms with Gasteiger partial charge in [0.25, 0.3) is 0 Å². The number of amides is 1. The molecule has 0 aromatic rings. The molecule has 5 heteroatoms. The monoisotopic (exact) mass is 421 g/mol. The van der Waals surface area contributed by atoms with Crippen LogP contribution in [0.1, 0.15) is 104 Å². The number of carbonyl (C=O) groups excluding carboxylic acids is 1. The van der Waals surface area contributed by atoms with Gasteiger partial charge in [0.1, 0.15) is 11.9 Å². The highest BCUT2D eigenvalue weighted by Gasteiger charge is 2.14. The highest BCUT2D eigenvalue weighted by Crippen LogP contribution is 2.13. The summed E-state index contributed by atoms with van der Waals surface area (Å²) < 4.78 is 0. The van der Waals surface area contributed by atoms with E-state index in [2.05, 4.69) is 34.3 Å². The Bertz CT molecular complexity index is 489. The second-order valence-corrected chi connectivity index (χ2v) is 8.63. The Morgan fingerprint density at radius 1 is 1.03 bits per heavy atom. The molecule has 1 aliphatic heterocycles. The molecule has 1 heterocycles. The van der Waals surface area contributed by atoms with Gasteiger partial charge in [-0.05, 0) is 25.8 Å². The van der Waals surface area contributed by atoms with Crippen LogP contribution in [-0.4, -0.2) is 54.0 Å². The van der Waals surface area contributed by atoms with Crippen molar-refractivity contribution in [1.29, 1.82) is 0 Å². The van der Waals surface area contributed by atoms with Gasteiger partial charge in [-0.15, -0.1) is 0 Å². The van der Waals surface area contributed by atoms with Crippen LogP contribution in [0.25, 0.3) is 0 Å². The van der Waals surface area contributed by atoms with Crippen molar-refractivity contribution in [3.63, 3.8) is 0 Å². The van der Waals surface area contributed by atoms with Crippen LogP contribution in [0.4, 0.5) is 0 Å². The van der Waals surface area contributed by atoms with E-state index >= 15 is 0 Å². The first-order valence-corrected chi connectivity index (χ1v) is 12.6. The molecule has 1 rings (SSSR count). The van der Waals surface area contributed by atoms with Crippen molar-refractivity contribution in [2.45, 2.75) is 110 Å². The summed E-state index contributed by atoms with van der Waals surface area (Å²) in [7, 11) is 0. The number of amidine groups is 1. The van der Waals surface area contributed by atoms with E-state index in [-0.39, 0.29) is 5.91 Å². The third kappa shape index (κ3) is 13.8. The molecular formula is C25H47N3O2. The number of hydrogen-bond acceptors (Lipinski definition) is 4. The quantitative estimate of drug-likeness (QED) is 0.281. The molecule has 0 fully saturated rings. The summed E-state index contributed by atoms with van der Waals surface area (Å²) in [5, 5.41) is 11.9. The van der Waals surface area contributed by atoms with Gasteiger partial charge in [-0.25, -0.2) is 0 Å². The molecule has 0 saturated carbocycles. The molecule has 1 aliphatic rings. The largest absolute Gasteiger partial charge is 0.384 e. The molecule has 0 aromatic carbocycles. The number of nitrogens with one attached hydrogen (secondary N) is 1. The Labute approximate surface area is 185 Å². The molecule has 1 atom stereocenters. The molecule has 0 aliphatic carbocycles. The molecule has 1 amide bonds. The molecule has 0 saturated heterocycles. The fraction of sp³-hybridized carbons (Fsp3) is 0.840. The fourth-order valence-corrected chi connectivity index (χ4v) is 3.81. The summed E-state index contributed by atoms with van der Waals surface area (Å²) in [5.74, 6) is 0.710. The van der Waals surface area contributed by atoms with Crippen molar-refractivity contribution in [2.75, 3.05) is 26.2 Å². The van der Waals surface area contributed by atoms with Crippen LogP contribution in [0.15, 0.2) is 17.1 Å². The van der Waals surface area contributed by atoms with Gasteiger partial charge in [0, 0.05) is 19.6 Å². The number of unbranched alkanes of at least 4 members (excludes halogenated alkanes) is 13. The average molecular weight is 422 g/mol. The molecule has 5 nitrogen and oxygen atoms in total. The first-order valence-electron chi connectivity index (χ1n) is 12.6. The predicted molar refractivity (Wildman–Crippen MR) is 128 cm³/mol. The summed E-state index contributed by atoms with van der Waals surface area (Å²) in [4.78, 5) is 18.1. The minimum absolute atomic E-state index is 0.314. The van der Waals surface area contributed by atoms with E-state index in [1.807, 2.05) is 0 Å². The zero-order valence-electron chi connectivity index (χ0n) is 19.7. The molecule has 1 unspecified atom stereocenters. The van der Waals surface area contributed by atoms with E-state index in [1.165, 1.54) is 90.4 Å². The van der Waals surface area contributed by atoms with Crippen molar-refractivity contribution in [2.24, 2.45) is 4.99 Å². The zero-order valence-corrected chi connectivity index (χ0v) is 19.7. The van der Waals surface area contributed by atoms with E-state index in [9.17, 15) is 9.90 Å². The number of rotatable bonds is 19. The minimum Gasteiger partial charge on any atom is -0.384 e. The molecule has 174 valence electrons. The number of aliphatic hydroxyl groups excluding tert-OH is 1. The molecule has 0 bridgehead atoms. The van der Waals surface area contributed by atoms with Crippen LogP contribution in [-0.2, 0) is 4.79 Å². The highest BCUT2D eigenvalue weighted by molar-refractivity contribution is 5.94. The minimum atomic E-state index is -0.947. The lowest BCUT2D eigenvalue weighted by atomic mass is 10.0. The van der Waals surface area contributed by atoms with Gasteiger partial charge in [-0.1, -0.05) is 90.0 Å². The van der Waals surface area contributed by atoms with Crippen LogP contribution in [0.3, 0.4) is 0 Å². The van der Waals surface area contributed by atoms with Gasteiger partial charge in [-0.2, -0.15) is 0 Å².